The van der Waals surface area contributed by atoms with Gasteiger partial charge < -0.3 is 26.4 Å². The molecule has 2 aromatic carbocycles. The van der Waals surface area contributed by atoms with Gasteiger partial charge in [-0.15, -0.1) is 0 Å². The highest BCUT2D eigenvalue weighted by Gasteiger charge is 2.30. The van der Waals surface area contributed by atoms with Gasteiger partial charge in [-0.05, 0) is 61.7 Å². The van der Waals surface area contributed by atoms with Crippen molar-refractivity contribution in [1.82, 2.24) is 20.4 Å². The minimum atomic E-state index is -4.39. The van der Waals surface area contributed by atoms with E-state index >= 15 is 0 Å². The molecule has 10 nitrogen and oxygen atoms in total. The number of nitrogens with two attached hydrogens (primary N) is 2. The van der Waals surface area contributed by atoms with E-state index in [0.29, 0.717) is 40.7 Å². The average molecular weight is 606 g/mol. The number of H-pyrrole nitrogens is 1. The number of carbonyl (C=O) groups is 2. The molecule has 0 bridgehead atoms. The summed E-state index contributed by atoms with van der Waals surface area (Å²) in [6.45, 7) is 2.55. The number of piperidine rings is 1. The van der Waals surface area contributed by atoms with Crippen LogP contribution >= 0.6 is 11.6 Å². The van der Waals surface area contributed by atoms with Crippen LogP contribution in [0.15, 0.2) is 53.5 Å². The normalized spacial score (nSPS) is 14.7. The Morgan fingerprint density at radius 3 is 2.48 bits per heavy atom. The van der Waals surface area contributed by atoms with E-state index in [1.165, 1.54) is 19.1 Å². The molecule has 2 heterocycles. The highest BCUT2D eigenvalue weighted by atomic mass is 35.5. The van der Waals surface area contributed by atoms with E-state index in [1.54, 1.807) is 23.1 Å². The number of nitrogens with zero attached hydrogens (tertiary/aromatic N) is 3. The molecule has 0 aliphatic carbocycles. The molecule has 2 amide bonds. The summed E-state index contributed by atoms with van der Waals surface area (Å²) in [5.74, 6) is -0.184. The second-order valence-corrected chi connectivity index (χ2v) is 10.3. The predicted molar refractivity (Wildman–Crippen MR) is 152 cm³/mol. The van der Waals surface area contributed by atoms with Crippen LogP contribution in [0.1, 0.15) is 42.5 Å². The Kier molecular flexibility index (Phi) is 9.61. The van der Waals surface area contributed by atoms with Gasteiger partial charge in [-0.2, -0.15) is 18.3 Å². The number of hydrogen-bond donors (Lipinski definition) is 4. The summed E-state index contributed by atoms with van der Waals surface area (Å²) in [7, 11) is 0. The van der Waals surface area contributed by atoms with E-state index in [-0.39, 0.29) is 30.9 Å². The Morgan fingerprint density at radius 1 is 1.17 bits per heavy atom. The third-order valence-corrected chi connectivity index (χ3v) is 7.24. The Balaban J connectivity index is 1.28. The molecule has 1 aliphatic rings. The number of nitrogens with one attached hydrogen (secondary N) is 2. The molecule has 4 rings (SSSR count). The van der Waals surface area contributed by atoms with Crippen LogP contribution in [0.3, 0.4) is 0 Å². The number of aliphatic imine (C=N–C) groups is 1. The van der Waals surface area contributed by atoms with E-state index in [1.807, 2.05) is 6.07 Å². The van der Waals surface area contributed by atoms with Gasteiger partial charge >= 0.3 is 6.18 Å². The number of hydrogen-bond acceptors (Lipinski definition) is 5. The van der Waals surface area contributed by atoms with Gasteiger partial charge in [-0.1, -0.05) is 23.7 Å². The number of aromatic nitrogens is 2. The van der Waals surface area contributed by atoms with Crippen LogP contribution in [0.25, 0.3) is 11.3 Å². The number of likely N-dealkylation sites (tertiary alicyclic amines) is 1. The molecule has 1 saturated heterocycles. The predicted octanol–water partition coefficient (Wildman–Crippen LogP) is 3.81. The summed E-state index contributed by atoms with van der Waals surface area (Å²) in [6, 6.07) is 11.1. The third-order valence-electron chi connectivity index (χ3n) is 6.92. The Morgan fingerprint density at radius 2 is 1.86 bits per heavy atom. The second kappa shape index (κ2) is 13.1. The molecule has 1 fully saturated rings. The summed E-state index contributed by atoms with van der Waals surface area (Å²) >= 11 is 6.51. The summed E-state index contributed by atoms with van der Waals surface area (Å²) in [4.78, 5) is 30.1. The van der Waals surface area contributed by atoms with E-state index in [9.17, 15) is 22.8 Å². The van der Waals surface area contributed by atoms with Crippen molar-refractivity contribution in [2.45, 2.75) is 44.5 Å². The Labute approximate surface area is 245 Å². The van der Waals surface area contributed by atoms with Gasteiger partial charge in [0.15, 0.2) is 5.96 Å². The van der Waals surface area contributed by atoms with E-state index < -0.39 is 23.7 Å². The van der Waals surface area contributed by atoms with Crippen molar-refractivity contribution in [1.29, 1.82) is 0 Å². The zero-order valence-corrected chi connectivity index (χ0v) is 23.5. The van der Waals surface area contributed by atoms with Gasteiger partial charge in [0.25, 0.3) is 0 Å². The van der Waals surface area contributed by atoms with Crippen LogP contribution in [0.4, 0.5) is 13.2 Å². The van der Waals surface area contributed by atoms with Crippen molar-refractivity contribution in [2.24, 2.45) is 16.5 Å². The Bertz CT molecular complexity index is 1430. The molecule has 224 valence electrons. The SMILES string of the molecule is C[C@@H](N=C(N)N)C(=O)NCC(=O)N1CCC(c2cc(-c3ccc(OCc4ccc(C(F)(F)F)cc4)cc3Cl)n[nH]2)CC1. The van der Waals surface area contributed by atoms with Crippen molar-refractivity contribution in [2.75, 3.05) is 19.6 Å². The molecule has 0 radical (unpaired) electrons. The molecule has 14 heteroatoms. The summed E-state index contributed by atoms with van der Waals surface area (Å²) < 4.78 is 44.0. The first-order chi connectivity index (χ1) is 19.9. The van der Waals surface area contributed by atoms with Gasteiger partial charge in [-0.3, -0.25) is 14.7 Å². The second-order valence-electron chi connectivity index (χ2n) is 9.94. The lowest BCUT2D eigenvalue weighted by atomic mass is 9.93. The van der Waals surface area contributed by atoms with Gasteiger partial charge in [0.1, 0.15) is 18.4 Å². The lowest BCUT2D eigenvalue weighted by Gasteiger charge is -2.31. The fourth-order valence-corrected chi connectivity index (χ4v) is 4.85. The quantitative estimate of drug-likeness (QED) is 0.215. The number of amides is 2. The maximum absolute atomic E-state index is 12.8. The highest BCUT2D eigenvalue weighted by Crippen LogP contribution is 2.34. The number of alkyl halides is 3. The van der Waals surface area contributed by atoms with Crippen LogP contribution in [0.2, 0.25) is 5.02 Å². The maximum Gasteiger partial charge on any atom is 0.416 e. The highest BCUT2D eigenvalue weighted by molar-refractivity contribution is 6.33. The largest absolute Gasteiger partial charge is 0.489 e. The molecule has 1 aliphatic heterocycles. The van der Waals surface area contributed by atoms with Gasteiger partial charge in [0.2, 0.25) is 11.8 Å². The smallest absolute Gasteiger partial charge is 0.416 e. The van der Waals surface area contributed by atoms with E-state index in [0.717, 1.165) is 30.7 Å². The van der Waals surface area contributed by atoms with Gasteiger partial charge in [0, 0.05) is 30.3 Å². The summed E-state index contributed by atoms with van der Waals surface area (Å²) in [5, 5.41) is 10.5. The lowest BCUT2D eigenvalue weighted by molar-refractivity contribution is -0.137. The minimum Gasteiger partial charge on any atom is -0.489 e. The van der Waals surface area contributed by atoms with Crippen molar-refractivity contribution in [3.05, 3.63) is 70.4 Å². The fourth-order valence-electron chi connectivity index (χ4n) is 4.58. The number of aromatic amines is 1. The Hall–Kier alpha value is -4.26. The molecular weight excluding hydrogens is 575 g/mol. The molecular formula is C28H31ClF3N7O3. The number of halogens is 4. The molecule has 1 atom stereocenters. The zero-order chi connectivity index (χ0) is 30.4. The van der Waals surface area contributed by atoms with Crippen molar-refractivity contribution in [3.63, 3.8) is 0 Å². The number of ether oxygens (including phenoxy) is 1. The van der Waals surface area contributed by atoms with Crippen molar-refractivity contribution >= 4 is 29.4 Å². The number of carbonyl (C=O) groups excluding carboxylic acids is 2. The van der Waals surface area contributed by atoms with E-state index in [2.05, 4.69) is 20.5 Å². The minimum absolute atomic E-state index is 0.0883. The molecule has 42 heavy (non-hydrogen) atoms. The molecule has 1 aromatic heterocycles. The lowest BCUT2D eigenvalue weighted by Crippen LogP contribution is -2.45. The maximum atomic E-state index is 12.8. The standard InChI is InChI=1S/C28H31ClF3N7O3/c1-16(36-27(33)34)26(41)35-14-25(40)39-10-8-18(9-11-39)23-13-24(38-37-23)21-7-6-20(12-22(21)29)42-15-17-2-4-19(5-3-17)28(30,31)32/h2-7,12-13,16,18H,8-11,14-15H2,1H3,(H,35,41)(H,37,38)(H4,33,34,36)/t16-/m1/s1. The van der Waals surface area contributed by atoms with Gasteiger partial charge in [-0.25, -0.2) is 4.99 Å². The van der Waals surface area contributed by atoms with Crippen LogP contribution in [-0.4, -0.2) is 58.5 Å². The summed E-state index contributed by atoms with van der Waals surface area (Å²) in [5.41, 5.74) is 12.7. The number of benzene rings is 2. The van der Waals surface area contributed by atoms with Crippen molar-refractivity contribution < 1.29 is 27.5 Å². The topological polar surface area (TPSA) is 152 Å². The van der Waals surface area contributed by atoms with Crippen molar-refractivity contribution in [3.8, 4) is 17.0 Å². The first kappa shape index (κ1) is 30.7. The first-order valence-electron chi connectivity index (χ1n) is 13.2. The summed E-state index contributed by atoms with van der Waals surface area (Å²) in [6.07, 6.45) is -2.95. The molecule has 0 saturated carbocycles. The molecule has 0 unspecified atom stereocenters. The molecule has 0 spiro atoms. The van der Waals surface area contributed by atoms with Crippen LogP contribution in [-0.2, 0) is 22.4 Å². The number of rotatable bonds is 9. The fraction of sp³-hybridized carbons (Fsp3) is 0.357. The van der Waals surface area contributed by atoms with E-state index in [4.69, 9.17) is 27.8 Å². The van der Waals surface area contributed by atoms with Gasteiger partial charge in [0.05, 0.1) is 22.8 Å². The average Bonchev–Trinajstić information content (AvgIpc) is 3.44. The monoisotopic (exact) mass is 605 g/mol. The number of guanidine groups is 1. The van der Waals surface area contributed by atoms with Crippen LogP contribution in [0, 0.1) is 0 Å². The van der Waals surface area contributed by atoms with Crippen LogP contribution in [0.5, 0.6) is 5.75 Å². The molecule has 6 N–H and O–H groups in total. The third kappa shape index (κ3) is 7.93. The first-order valence-corrected chi connectivity index (χ1v) is 13.6. The zero-order valence-electron chi connectivity index (χ0n) is 22.7. The molecule has 3 aromatic rings. The van der Waals surface area contributed by atoms with Crippen LogP contribution < -0.4 is 21.5 Å².